The third-order valence-corrected chi connectivity index (χ3v) is 10.7. The van der Waals surface area contributed by atoms with Gasteiger partial charge in [0.25, 0.3) is 0 Å². The van der Waals surface area contributed by atoms with Gasteiger partial charge in [0.1, 0.15) is 48.8 Å². The van der Waals surface area contributed by atoms with Crippen LogP contribution in [0, 0.1) is 0 Å². The van der Waals surface area contributed by atoms with Gasteiger partial charge >= 0.3 is 5.97 Å². The van der Waals surface area contributed by atoms with Crippen molar-refractivity contribution in [3.63, 3.8) is 0 Å². The predicted molar refractivity (Wildman–Crippen MR) is 254 cm³/mol. The Morgan fingerprint density at radius 3 is 1.89 bits per heavy atom. The number of amides is 11. The summed E-state index contributed by atoms with van der Waals surface area (Å²) in [5.74, 6) is -9.42. The lowest BCUT2D eigenvalue weighted by atomic mass is 10.1. The summed E-state index contributed by atoms with van der Waals surface area (Å²) >= 11 is 0. The molecule has 0 radical (unpaired) electrons. The first kappa shape index (κ1) is 60.2. The molecule has 1 aromatic rings. The summed E-state index contributed by atoms with van der Waals surface area (Å²) in [6, 6.07) is -8.19. The number of hydrogen-bond acceptors (Lipinski definition) is 15. The van der Waals surface area contributed by atoms with E-state index in [-0.39, 0.29) is 44.7 Å². The number of nitrogens with one attached hydrogen (secondary N) is 11. The molecule has 1 fully saturated rings. The van der Waals surface area contributed by atoms with Gasteiger partial charge in [-0.15, -0.1) is 0 Å². The van der Waals surface area contributed by atoms with Crippen LogP contribution in [0.5, 0.6) is 0 Å². The van der Waals surface area contributed by atoms with Crippen molar-refractivity contribution in [3.8, 4) is 0 Å². The maximum atomic E-state index is 13.7. The van der Waals surface area contributed by atoms with Crippen LogP contribution in [0.15, 0.2) is 17.5 Å². The quantitative estimate of drug-likeness (QED) is 0.0187. The summed E-state index contributed by atoms with van der Waals surface area (Å²) in [5.41, 5.74) is 16.6. The Hall–Kier alpha value is -7.92. The molecule has 0 aliphatic carbocycles. The third kappa shape index (κ3) is 22.7. The van der Waals surface area contributed by atoms with Crippen LogP contribution >= 0.6 is 0 Å². The number of unbranched alkanes of at least 4 members (excludes halogenated alkanes) is 1. The second kappa shape index (κ2) is 31.3. The average Bonchev–Trinajstić information content (AvgIpc) is 4.04. The van der Waals surface area contributed by atoms with Gasteiger partial charge in [0.05, 0.1) is 26.0 Å². The summed E-state index contributed by atoms with van der Waals surface area (Å²) in [7, 11) is 0. The Morgan fingerprint density at radius 2 is 1.28 bits per heavy atom. The number of rotatable bonds is 31. The van der Waals surface area contributed by atoms with Crippen LogP contribution < -0.4 is 70.4 Å². The van der Waals surface area contributed by atoms with E-state index >= 15 is 0 Å². The summed E-state index contributed by atoms with van der Waals surface area (Å²) in [6.45, 7) is 3.52. The fourth-order valence-electron chi connectivity index (χ4n) is 6.88. The number of carbonyl (C=O) groups is 12. The highest BCUT2D eigenvalue weighted by atomic mass is 16.4. The largest absolute Gasteiger partial charge is 0.480 e. The second-order valence-corrected chi connectivity index (χ2v) is 16.7. The zero-order chi connectivity index (χ0) is 53.9. The fourth-order valence-corrected chi connectivity index (χ4v) is 6.88. The SMILES string of the molecule is CC(=O)N[C@@H](CCCCN)C(=O)NCC(=O)NCC(=O)N[C@@H](C)C(=O)NCC(=O)N1CCC[C@H]1C(=O)N[C@@H](Cc1cnc[nH]1)C(=O)N[C@@H](C)C(=O)N[C@@H](C)C(=O)N[C@@H](CCCN=C(N)N)C(=O)NCC(=O)O. The molecule has 1 aliphatic rings. The first-order valence-electron chi connectivity index (χ1n) is 23.1. The molecule has 30 nitrogen and oxygen atoms in total. The lowest BCUT2D eigenvalue weighted by Crippen LogP contribution is -2.58. The molecule has 7 atom stereocenters. The Labute approximate surface area is 414 Å². The van der Waals surface area contributed by atoms with Crippen molar-refractivity contribution in [1.29, 1.82) is 0 Å². The predicted octanol–water partition coefficient (Wildman–Crippen LogP) is -7.34. The first-order chi connectivity index (χ1) is 34.0. The molecule has 2 rings (SSSR count). The number of carboxylic acid groups (broad SMARTS) is 1. The number of hydrogen-bond donors (Lipinski definition) is 15. The van der Waals surface area contributed by atoms with E-state index in [1.807, 2.05) is 0 Å². The number of H-pyrrole nitrogens is 1. The zero-order valence-corrected chi connectivity index (χ0v) is 40.7. The Morgan fingerprint density at radius 1 is 0.694 bits per heavy atom. The number of aromatic nitrogens is 2. The molecule has 1 saturated heterocycles. The van der Waals surface area contributed by atoms with Crippen LogP contribution in [0.25, 0.3) is 0 Å². The minimum atomic E-state index is -1.32. The van der Waals surface area contributed by atoms with Crippen molar-refractivity contribution in [1.82, 2.24) is 68.0 Å². The third-order valence-electron chi connectivity index (χ3n) is 10.7. The summed E-state index contributed by atoms with van der Waals surface area (Å²) < 4.78 is 0. The van der Waals surface area contributed by atoms with Gasteiger partial charge in [-0.2, -0.15) is 0 Å². The van der Waals surface area contributed by atoms with Crippen LogP contribution in [0.1, 0.15) is 78.3 Å². The monoisotopic (exact) mass is 1020 g/mol. The van der Waals surface area contributed by atoms with Gasteiger partial charge < -0.3 is 85.4 Å². The van der Waals surface area contributed by atoms with Crippen LogP contribution in [0.3, 0.4) is 0 Å². The minimum Gasteiger partial charge on any atom is -0.480 e. The molecule has 0 spiro atoms. The molecule has 0 aromatic carbocycles. The number of carbonyl (C=O) groups excluding carboxylic acids is 11. The fraction of sp³-hybridized carbons (Fsp3) is 0.619. The smallest absolute Gasteiger partial charge is 0.322 e. The lowest BCUT2D eigenvalue weighted by molar-refractivity contribution is -0.140. The number of aliphatic imine (C=N–C) groups is 1. The molecule has 0 bridgehead atoms. The van der Waals surface area contributed by atoms with E-state index < -0.39 is 139 Å². The maximum absolute atomic E-state index is 13.7. The number of aliphatic carboxylic acids is 1. The zero-order valence-electron chi connectivity index (χ0n) is 40.7. The van der Waals surface area contributed by atoms with E-state index in [0.29, 0.717) is 37.9 Å². The molecule has 1 aromatic heterocycles. The molecular formula is C42H69N17O13. The average molecular weight is 1020 g/mol. The van der Waals surface area contributed by atoms with E-state index in [1.54, 1.807) is 0 Å². The Balaban J connectivity index is 1.95. The van der Waals surface area contributed by atoms with Crippen molar-refractivity contribution in [2.24, 2.45) is 22.2 Å². The molecule has 18 N–H and O–H groups in total. The number of aromatic amines is 1. The van der Waals surface area contributed by atoms with E-state index in [4.69, 9.17) is 22.3 Å². The maximum Gasteiger partial charge on any atom is 0.322 e. The molecular weight excluding hydrogens is 951 g/mol. The molecule has 2 heterocycles. The van der Waals surface area contributed by atoms with Crippen LogP contribution in [-0.2, 0) is 64.0 Å². The summed E-state index contributed by atoms with van der Waals surface area (Å²) in [5, 5.41) is 33.1. The topological polar surface area (TPSA) is 468 Å². The molecule has 400 valence electrons. The van der Waals surface area contributed by atoms with Gasteiger partial charge in [0.2, 0.25) is 65.0 Å². The van der Waals surface area contributed by atoms with Crippen molar-refractivity contribution < 1.29 is 62.6 Å². The van der Waals surface area contributed by atoms with Crippen molar-refractivity contribution >= 4 is 76.9 Å². The first-order valence-corrected chi connectivity index (χ1v) is 23.1. The molecule has 0 unspecified atom stereocenters. The number of likely N-dealkylation sites (tertiary alicyclic amines) is 1. The van der Waals surface area contributed by atoms with Gasteiger partial charge in [-0.3, -0.25) is 62.5 Å². The molecule has 72 heavy (non-hydrogen) atoms. The normalized spacial score (nSPS) is 15.3. The van der Waals surface area contributed by atoms with Crippen LogP contribution in [0.4, 0.5) is 0 Å². The number of imidazole rings is 1. The van der Waals surface area contributed by atoms with Crippen LogP contribution in [0.2, 0.25) is 0 Å². The number of guanidine groups is 1. The number of carboxylic acids is 1. The van der Waals surface area contributed by atoms with Crippen molar-refractivity contribution in [2.45, 2.75) is 121 Å². The number of nitrogens with zero attached hydrogens (tertiary/aromatic N) is 3. The summed E-state index contributed by atoms with van der Waals surface area (Å²) in [4.78, 5) is 164. The van der Waals surface area contributed by atoms with Gasteiger partial charge in [-0.1, -0.05) is 0 Å². The van der Waals surface area contributed by atoms with E-state index in [2.05, 4.69) is 68.1 Å². The highest BCUT2D eigenvalue weighted by Crippen LogP contribution is 2.18. The number of nitrogens with two attached hydrogens (primary N) is 3. The van der Waals surface area contributed by atoms with Crippen molar-refractivity contribution in [3.05, 3.63) is 18.2 Å². The highest BCUT2D eigenvalue weighted by molar-refractivity contribution is 5.98. The van der Waals surface area contributed by atoms with Gasteiger partial charge in [0.15, 0.2) is 5.96 Å². The van der Waals surface area contributed by atoms with E-state index in [0.717, 1.165) is 0 Å². The summed E-state index contributed by atoms with van der Waals surface area (Å²) in [6.07, 6.45) is 4.96. The van der Waals surface area contributed by atoms with Gasteiger partial charge in [0, 0.05) is 38.3 Å². The van der Waals surface area contributed by atoms with Crippen molar-refractivity contribution in [2.75, 3.05) is 45.8 Å². The highest BCUT2D eigenvalue weighted by Gasteiger charge is 2.37. The van der Waals surface area contributed by atoms with Gasteiger partial charge in [-0.05, 0) is 72.3 Å². The second-order valence-electron chi connectivity index (χ2n) is 16.7. The Bertz CT molecular complexity index is 2100. The minimum absolute atomic E-state index is 0.00839. The van der Waals surface area contributed by atoms with E-state index in [9.17, 15) is 57.5 Å². The molecule has 1 aliphatic heterocycles. The lowest BCUT2D eigenvalue weighted by Gasteiger charge is -2.27. The molecule has 30 heteroatoms. The van der Waals surface area contributed by atoms with Gasteiger partial charge in [-0.25, -0.2) is 4.98 Å². The Kier molecular flexibility index (Phi) is 26.2. The van der Waals surface area contributed by atoms with E-state index in [1.165, 1.54) is 45.1 Å². The standard InChI is InChI=1S/C42H69N17O13/c1-22(53-32(62)18-48-31(61)17-49-38(69)27(56-25(4)60)9-5-6-12-43)35(66)50-19-33(63)59-14-8-11-30(59)41(72)58-29(15-26-16-46-21-52-26)40(71)55-23(2)36(67)54-24(3)37(68)57-28(10-7-13-47-42(44)45)39(70)51-20-34(64)65/h16,21-24,27-30H,5-15,17-20,43H2,1-4H3,(H,46,52)(H,48,61)(H,49,69)(H,50,66)(H,51,70)(H,53,62)(H,54,67)(H,55,71)(H,56,60)(H,57,68)(H,58,72)(H,64,65)(H4,44,45,47)/t22-,23-,24-,27-,28-,29-,30-/m0/s1. The molecule has 11 amide bonds. The van der Waals surface area contributed by atoms with Crippen LogP contribution in [-0.4, -0.2) is 185 Å². The molecule has 0 saturated carbocycles.